The molecule has 117 heavy (non-hydrogen) atoms. The summed E-state index contributed by atoms with van der Waals surface area (Å²) in [5.74, 6) is 0. The van der Waals surface area contributed by atoms with Crippen molar-refractivity contribution in [3.63, 3.8) is 0 Å². The van der Waals surface area contributed by atoms with Crippen molar-refractivity contribution in [1.29, 1.82) is 0 Å². The van der Waals surface area contributed by atoms with Crippen LogP contribution in [0.2, 0.25) is 0 Å². The van der Waals surface area contributed by atoms with Crippen molar-refractivity contribution in [2.75, 3.05) is 0 Å². The average molecular weight is 1490 g/mol. The van der Waals surface area contributed by atoms with Gasteiger partial charge in [-0.1, -0.05) is 218 Å². The van der Waals surface area contributed by atoms with Crippen LogP contribution in [-0.4, -0.2) is 26.9 Å². The van der Waals surface area contributed by atoms with E-state index >= 15 is 0 Å². The summed E-state index contributed by atoms with van der Waals surface area (Å²) >= 11 is 0. The van der Waals surface area contributed by atoms with Gasteiger partial charge in [-0.25, -0.2) is 0 Å². The summed E-state index contributed by atoms with van der Waals surface area (Å²) in [4.78, 5) is 0. The third-order valence-corrected chi connectivity index (χ3v) is 25.9. The van der Waals surface area contributed by atoms with Crippen molar-refractivity contribution in [1.82, 2.24) is 26.9 Å². The fourth-order valence-corrected chi connectivity index (χ4v) is 21.2. The van der Waals surface area contributed by atoms with Gasteiger partial charge in [0.25, 0.3) is 0 Å². The Morgan fingerprint density at radius 1 is 0.137 bits per heavy atom. The van der Waals surface area contributed by atoms with E-state index in [1.54, 1.807) is 0 Å². The summed E-state index contributed by atoms with van der Waals surface area (Å²) in [5.41, 5.74) is 27.5. The molecule has 540 valence electrons. The number of hydrogen-bond acceptors (Lipinski definition) is 3. The van der Waals surface area contributed by atoms with Crippen molar-refractivity contribution in [2.45, 2.75) is 0 Å². The molecule has 0 fully saturated rings. The molecule has 0 saturated carbocycles. The molecular formula is C108H60N6O3. The van der Waals surface area contributed by atoms with Crippen LogP contribution in [0.1, 0.15) is 0 Å². The molecule has 0 radical (unpaired) electrons. The van der Waals surface area contributed by atoms with Crippen molar-refractivity contribution in [3.8, 4) is 17.1 Å². The van der Waals surface area contributed by atoms with E-state index < -0.39 is 0 Å². The molecule has 18 aromatic carbocycles. The van der Waals surface area contributed by atoms with Crippen LogP contribution in [0.4, 0.5) is 0 Å². The molecule has 9 heteroatoms. The lowest BCUT2D eigenvalue weighted by molar-refractivity contribution is 0.668. The van der Waals surface area contributed by atoms with E-state index in [1.807, 2.05) is 36.4 Å². The number of aromatic nitrogens is 6. The summed E-state index contributed by atoms with van der Waals surface area (Å²) in [6.45, 7) is 0. The molecule has 9 nitrogen and oxygen atoms in total. The van der Waals surface area contributed by atoms with Gasteiger partial charge in [0.05, 0.1) is 82.8 Å². The highest BCUT2D eigenvalue weighted by molar-refractivity contribution is 6.37. The number of fused-ring (bicyclic) bond motifs is 38. The third-order valence-electron chi connectivity index (χ3n) is 25.9. The number of hydrogen-bond donors (Lipinski definition) is 0. The minimum Gasteiger partial charge on any atom is -0.456 e. The van der Waals surface area contributed by atoms with E-state index in [0.29, 0.717) is 0 Å². The lowest BCUT2D eigenvalue weighted by atomic mass is 10.0. The monoisotopic (exact) mass is 1490 g/mol. The standard InChI is InChI=1S/3C36H20N2O/c1-5-13-28-22(9-1)27-20-31-34(35-26-12-3-7-15-30(26)38(28)36(27)35)25-11-2-6-14-29(25)37(31)21-17-18-24-23-10-4-8-16-32(23)39-33(24)19-21;1-5-14-31-22(8-1)26-11-7-12-27-29-20-32-28(19-33(29)38(31)36(26)27)23-9-2-4-13-30(23)37(32)21-16-17-25-24-10-3-6-15-34(24)39-35(25)18-21;1-4-13-28-22(8-1)25-11-7-12-27-35-31(38(28)36(25)27)19-18-30-34(35)26-10-2-5-14-29(26)37(30)21-16-17-24-23-9-3-6-15-32(23)39-33(24)20-21/h3*1-20H. The highest BCUT2D eigenvalue weighted by Crippen LogP contribution is 2.51. The molecule has 0 N–H and O–H groups in total. The predicted octanol–water partition coefficient (Wildman–Crippen LogP) is 29.5. The zero-order chi connectivity index (χ0) is 75.7. The molecule has 0 atom stereocenters. The first-order valence-corrected chi connectivity index (χ1v) is 40.1. The van der Waals surface area contributed by atoms with Gasteiger partial charge >= 0.3 is 0 Å². The van der Waals surface area contributed by atoms with Gasteiger partial charge < -0.3 is 40.2 Å². The second-order valence-corrected chi connectivity index (χ2v) is 31.7. The summed E-state index contributed by atoms with van der Waals surface area (Å²) < 4.78 is 33.5. The van der Waals surface area contributed by atoms with Gasteiger partial charge in [-0.3, -0.25) is 0 Å². The summed E-state index contributed by atoms with van der Waals surface area (Å²) in [5, 5.41) is 30.2. The maximum absolute atomic E-state index is 6.31. The van der Waals surface area contributed by atoms with Crippen LogP contribution < -0.4 is 0 Å². The Balaban J connectivity index is 0.0000000917. The van der Waals surface area contributed by atoms with Crippen LogP contribution in [0.25, 0.3) is 263 Å². The first kappa shape index (κ1) is 61.8. The molecule has 0 aliphatic heterocycles. The lowest BCUT2D eigenvalue weighted by Gasteiger charge is -2.08. The number of para-hydroxylation sites is 12. The number of benzene rings is 18. The molecule has 0 bridgehead atoms. The van der Waals surface area contributed by atoms with E-state index in [0.717, 1.165) is 82.9 Å². The molecule has 0 saturated heterocycles. The van der Waals surface area contributed by atoms with Crippen molar-refractivity contribution < 1.29 is 13.3 Å². The lowest BCUT2D eigenvalue weighted by Crippen LogP contribution is -1.93. The zero-order valence-electron chi connectivity index (χ0n) is 62.5. The van der Waals surface area contributed by atoms with Gasteiger partial charge in [0, 0.05) is 165 Å². The first-order valence-electron chi connectivity index (χ1n) is 40.1. The number of nitrogens with zero attached hydrogens (tertiary/aromatic N) is 6. The Bertz CT molecular complexity index is 9410. The number of rotatable bonds is 3. The molecule has 0 amide bonds. The van der Waals surface area contributed by atoms with Crippen LogP contribution in [0.15, 0.2) is 377 Å². The van der Waals surface area contributed by atoms with Gasteiger partial charge in [-0.05, 0) is 127 Å². The maximum atomic E-state index is 6.31. The predicted molar refractivity (Wildman–Crippen MR) is 488 cm³/mol. The average Bonchev–Trinajstić information content (AvgIpc) is 1.53. The van der Waals surface area contributed by atoms with E-state index in [9.17, 15) is 0 Å². The normalized spacial score (nSPS) is 12.6. The van der Waals surface area contributed by atoms with Crippen LogP contribution in [0, 0.1) is 0 Å². The minimum absolute atomic E-state index is 0.909. The van der Waals surface area contributed by atoms with E-state index in [4.69, 9.17) is 13.3 Å². The minimum atomic E-state index is 0.909. The molecule has 0 unspecified atom stereocenters. The second-order valence-electron chi connectivity index (χ2n) is 31.7. The fraction of sp³-hybridized carbons (Fsp3) is 0. The first-order chi connectivity index (χ1) is 58.1. The van der Waals surface area contributed by atoms with E-state index in [2.05, 4.69) is 354 Å². The van der Waals surface area contributed by atoms with Crippen LogP contribution in [0.3, 0.4) is 0 Å². The summed E-state index contributed by atoms with van der Waals surface area (Å²) in [6, 6.07) is 131. The summed E-state index contributed by atoms with van der Waals surface area (Å²) in [7, 11) is 0. The van der Waals surface area contributed by atoms with Gasteiger partial charge in [-0.2, -0.15) is 0 Å². The molecule has 0 aliphatic carbocycles. The van der Waals surface area contributed by atoms with Gasteiger partial charge in [0.2, 0.25) is 0 Å². The van der Waals surface area contributed by atoms with E-state index in [1.165, 1.54) is 180 Å². The van der Waals surface area contributed by atoms with Crippen LogP contribution >= 0.6 is 0 Å². The molecule has 12 heterocycles. The zero-order valence-corrected chi connectivity index (χ0v) is 62.5. The Morgan fingerprint density at radius 3 is 0.932 bits per heavy atom. The third kappa shape index (κ3) is 8.05. The highest BCUT2D eigenvalue weighted by atomic mass is 16.3. The second kappa shape index (κ2) is 22.5. The maximum Gasteiger partial charge on any atom is 0.137 e. The highest BCUT2D eigenvalue weighted by Gasteiger charge is 2.28. The smallest absolute Gasteiger partial charge is 0.137 e. The Morgan fingerprint density at radius 2 is 0.427 bits per heavy atom. The molecule has 0 aliphatic rings. The largest absolute Gasteiger partial charge is 0.456 e. The molecule has 30 aromatic rings. The SMILES string of the molecule is c1ccc2c(c1)oc1cc(-n3c4ccccc4c4c5c6cccc7c8ccccc8n(c5ccc43)c76)ccc12.c1ccc2c(c1)oc1cc(-n3c4ccccc4c4c5c6ccccc6n6c7ccccc7c(cc43)c56)ccc12.c1ccc2c(c1)oc1cc(-n3c4ccccc4c4cc5c(cc43)c3cccc4c6ccccc6n5c43)ccc12. The van der Waals surface area contributed by atoms with Gasteiger partial charge in [-0.15, -0.1) is 0 Å². The molecule has 0 spiro atoms. The fourth-order valence-electron chi connectivity index (χ4n) is 21.2. The molecule has 30 rings (SSSR count). The van der Waals surface area contributed by atoms with Crippen molar-refractivity contribution >= 4 is 246 Å². The van der Waals surface area contributed by atoms with Gasteiger partial charge in [0.15, 0.2) is 0 Å². The Kier molecular flexibility index (Phi) is 11.9. The van der Waals surface area contributed by atoms with Crippen molar-refractivity contribution in [2.24, 2.45) is 0 Å². The number of furan rings is 3. The van der Waals surface area contributed by atoms with Gasteiger partial charge in [0.1, 0.15) is 33.5 Å². The topological polar surface area (TPSA) is 67.4 Å². The summed E-state index contributed by atoms with van der Waals surface area (Å²) in [6.07, 6.45) is 0. The van der Waals surface area contributed by atoms with Crippen LogP contribution in [0.5, 0.6) is 0 Å². The Labute approximate surface area is 662 Å². The Hall–Kier alpha value is -15.8. The van der Waals surface area contributed by atoms with Crippen LogP contribution in [-0.2, 0) is 0 Å². The van der Waals surface area contributed by atoms with E-state index in [-0.39, 0.29) is 0 Å². The molecule has 12 aromatic heterocycles. The quantitative estimate of drug-likeness (QED) is 0.177. The molecular weight excluding hydrogens is 1430 g/mol. The van der Waals surface area contributed by atoms with Crippen molar-refractivity contribution in [3.05, 3.63) is 364 Å².